The van der Waals surface area contributed by atoms with E-state index in [1.165, 1.54) is 0 Å². The molecule has 0 aromatic heterocycles. The highest BCUT2D eigenvalue weighted by molar-refractivity contribution is 4.55. The van der Waals surface area contributed by atoms with Gasteiger partial charge in [-0.1, -0.05) is 0 Å². The van der Waals surface area contributed by atoms with Gasteiger partial charge in [0.15, 0.2) is 0 Å². The van der Waals surface area contributed by atoms with Crippen LogP contribution in [-0.2, 0) is 18.9 Å². The minimum absolute atomic E-state index is 0.0383. The number of aliphatic hydroxyl groups excluding tert-OH is 1. The Hall–Kier alpha value is -0.710. The van der Waals surface area contributed by atoms with Gasteiger partial charge in [0.05, 0.1) is 52.9 Å². The second kappa shape index (κ2) is 15.3. The third kappa shape index (κ3) is 15.3. The van der Waals surface area contributed by atoms with E-state index in [0.717, 1.165) is 0 Å². The highest BCUT2D eigenvalue weighted by Gasteiger charge is 1.92. The number of hydrogen-bond donors (Lipinski definition) is 1. The van der Waals surface area contributed by atoms with Gasteiger partial charge in [-0.2, -0.15) is 0 Å². The first-order valence-electron chi connectivity index (χ1n) is 5.67. The predicted octanol–water partition coefficient (Wildman–Crippen LogP) is -0.0356. The van der Waals surface area contributed by atoms with E-state index < -0.39 is 0 Å². The Kier molecular flexibility index (Phi) is 14.7. The molecular weight excluding hydrogens is 226 g/mol. The summed E-state index contributed by atoms with van der Waals surface area (Å²) in [6.07, 6.45) is 0. The van der Waals surface area contributed by atoms with Crippen LogP contribution in [0.5, 0.6) is 0 Å². The number of hydrogen-bond acceptors (Lipinski definition) is 5. The molecule has 100 valence electrons. The van der Waals surface area contributed by atoms with Crippen LogP contribution in [0.25, 0.3) is 4.85 Å². The van der Waals surface area contributed by atoms with Crippen LogP contribution in [0.1, 0.15) is 0 Å². The molecule has 0 heterocycles. The normalized spacial score (nSPS) is 10.4. The molecule has 1 N–H and O–H groups in total. The molecule has 0 aliphatic carbocycles. The molecule has 0 aromatic carbocycles. The largest absolute Gasteiger partial charge is 0.394 e. The molecule has 6 heteroatoms. The van der Waals surface area contributed by atoms with Crippen LogP contribution in [0, 0.1) is 6.57 Å². The van der Waals surface area contributed by atoms with Gasteiger partial charge in [0.2, 0.25) is 6.54 Å². The molecule has 0 radical (unpaired) electrons. The molecular formula is C11H21NO5. The fourth-order valence-corrected chi connectivity index (χ4v) is 0.937. The maximum absolute atomic E-state index is 8.43. The summed E-state index contributed by atoms with van der Waals surface area (Å²) in [7, 11) is 0. The van der Waals surface area contributed by atoms with E-state index in [1.807, 2.05) is 0 Å². The van der Waals surface area contributed by atoms with Crippen molar-refractivity contribution >= 4 is 0 Å². The summed E-state index contributed by atoms with van der Waals surface area (Å²) >= 11 is 0. The van der Waals surface area contributed by atoms with E-state index in [-0.39, 0.29) is 6.61 Å². The van der Waals surface area contributed by atoms with Gasteiger partial charge in [-0.25, -0.2) is 6.57 Å². The van der Waals surface area contributed by atoms with Gasteiger partial charge >= 0.3 is 0 Å². The third-order valence-corrected chi connectivity index (χ3v) is 1.70. The maximum atomic E-state index is 8.43. The van der Waals surface area contributed by atoms with E-state index >= 15 is 0 Å². The van der Waals surface area contributed by atoms with Gasteiger partial charge in [0.1, 0.15) is 6.61 Å². The Morgan fingerprint density at radius 2 is 1.12 bits per heavy atom. The first kappa shape index (κ1) is 16.3. The molecule has 6 nitrogen and oxygen atoms in total. The molecule has 0 aliphatic heterocycles. The first-order valence-corrected chi connectivity index (χ1v) is 5.67. The summed E-state index contributed by atoms with van der Waals surface area (Å²) in [5.74, 6) is 0. The monoisotopic (exact) mass is 247 g/mol. The van der Waals surface area contributed by atoms with Crippen molar-refractivity contribution in [2.24, 2.45) is 0 Å². The molecule has 0 amide bonds. The van der Waals surface area contributed by atoms with E-state index in [9.17, 15) is 0 Å². The van der Waals surface area contributed by atoms with Gasteiger partial charge in [-0.3, -0.25) is 0 Å². The minimum Gasteiger partial charge on any atom is -0.394 e. The topological polar surface area (TPSA) is 61.5 Å². The average molecular weight is 247 g/mol. The fraction of sp³-hybridized carbons (Fsp3) is 0.909. The summed E-state index contributed by atoms with van der Waals surface area (Å²) in [6, 6.07) is 0. The van der Waals surface area contributed by atoms with Crippen LogP contribution in [0.3, 0.4) is 0 Å². The molecule has 0 rings (SSSR count). The second-order valence-electron chi connectivity index (χ2n) is 3.05. The lowest BCUT2D eigenvalue weighted by Crippen LogP contribution is -2.13. The second-order valence-corrected chi connectivity index (χ2v) is 3.05. The van der Waals surface area contributed by atoms with Gasteiger partial charge in [0.25, 0.3) is 0 Å². The van der Waals surface area contributed by atoms with Crippen LogP contribution >= 0.6 is 0 Å². The Bertz CT molecular complexity index is 183. The smallest absolute Gasteiger partial charge is 0.237 e. The molecule has 0 saturated carbocycles. The molecule has 0 spiro atoms. The Morgan fingerprint density at radius 3 is 1.53 bits per heavy atom. The van der Waals surface area contributed by atoms with E-state index in [1.54, 1.807) is 0 Å². The zero-order valence-electron chi connectivity index (χ0n) is 10.1. The van der Waals surface area contributed by atoms with Crippen LogP contribution in [0.15, 0.2) is 0 Å². The lowest BCUT2D eigenvalue weighted by atomic mass is 10.7. The first-order chi connectivity index (χ1) is 8.41. The van der Waals surface area contributed by atoms with Crippen LogP contribution in [0.2, 0.25) is 0 Å². The molecule has 0 aliphatic rings. The summed E-state index contributed by atoms with van der Waals surface area (Å²) in [4.78, 5) is 3.16. The van der Waals surface area contributed by atoms with E-state index in [2.05, 4.69) is 4.85 Å². The quantitative estimate of drug-likeness (QED) is 0.366. The highest BCUT2D eigenvalue weighted by Crippen LogP contribution is 1.82. The predicted molar refractivity (Wildman–Crippen MR) is 61.8 cm³/mol. The van der Waals surface area contributed by atoms with E-state index in [0.29, 0.717) is 59.4 Å². The van der Waals surface area contributed by atoms with E-state index in [4.69, 9.17) is 30.6 Å². The number of nitrogens with zero attached hydrogens (tertiary/aromatic N) is 1. The molecule has 0 fully saturated rings. The summed E-state index contributed by atoms with van der Waals surface area (Å²) in [5, 5.41) is 8.43. The Morgan fingerprint density at radius 1 is 0.706 bits per heavy atom. The Balaban J connectivity index is 2.87. The molecule has 0 atom stereocenters. The zero-order valence-corrected chi connectivity index (χ0v) is 10.1. The van der Waals surface area contributed by atoms with Crippen LogP contribution in [-0.4, -0.2) is 71.1 Å². The molecule has 0 aromatic rings. The lowest BCUT2D eigenvalue weighted by molar-refractivity contribution is -0.00450. The molecule has 17 heavy (non-hydrogen) atoms. The van der Waals surface area contributed by atoms with Crippen molar-refractivity contribution in [3.05, 3.63) is 11.4 Å². The summed E-state index contributed by atoms with van der Waals surface area (Å²) in [6.45, 7) is 10.8. The highest BCUT2D eigenvalue weighted by atomic mass is 16.6. The fourth-order valence-electron chi connectivity index (χ4n) is 0.937. The zero-order chi connectivity index (χ0) is 12.6. The van der Waals surface area contributed by atoms with Crippen molar-refractivity contribution in [2.45, 2.75) is 0 Å². The van der Waals surface area contributed by atoms with Gasteiger partial charge in [0, 0.05) is 0 Å². The standard InChI is InChI=1S/C11H21NO5/c1-12-2-4-14-6-8-16-10-11-17-9-7-15-5-3-13/h13H,2-11H2. The van der Waals surface area contributed by atoms with Crippen molar-refractivity contribution in [3.8, 4) is 0 Å². The van der Waals surface area contributed by atoms with Crippen molar-refractivity contribution in [2.75, 3.05) is 66.0 Å². The van der Waals surface area contributed by atoms with Crippen molar-refractivity contribution in [3.63, 3.8) is 0 Å². The van der Waals surface area contributed by atoms with Crippen molar-refractivity contribution in [1.82, 2.24) is 0 Å². The maximum Gasteiger partial charge on any atom is 0.237 e. The van der Waals surface area contributed by atoms with Crippen LogP contribution in [0.4, 0.5) is 0 Å². The van der Waals surface area contributed by atoms with Gasteiger partial charge < -0.3 is 28.9 Å². The van der Waals surface area contributed by atoms with Crippen LogP contribution < -0.4 is 0 Å². The summed E-state index contributed by atoms with van der Waals surface area (Å²) < 4.78 is 20.6. The minimum atomic E-state index is 0.0383. The number of aliphatic hydroxyl groups is 1. The van der Waals surface area contributed by atoms with Gasteiger partial charge in [-0.05, 0) is 0 Å². The SMILES string of the molecule is [C-]#[N+]CCOCCOCCOCCOCCO. The summed E-state index contributed by atoms with van der Waals surface area (Å²) in [5.41, 5.74) is 0. The molecule has 0 saturated heterocycles. The average Bonchev–Trinajstić information content (AvgIpc) is 2.35. The molecule has 0 bridgehead atoms. The molecule has 0 unspecified atom stereocenters. The van der Waals surface area contributed by atoms with Gasteiger partial charge in [-0.15, -0.1) is 0 Å². The lowest BCUT2D eigenvalue weighted by Gasteiger charge is -2.06. The number of ether oxygens (including phenoxy) is 4. The Labute approximate surface area is 102 Å². The van der Waals surface area contributed by atoms with Crippen molar-refractivity contribution in [1.29, 1.82) is 0 Å². The number of rotatable bonds is 13. The third-order valence-electron chi connectivity index (χ3n) is 1.70. The van der Waals surface area contributed by atoms with Crippen molar-refractivity contribution < 1.29 is 24.1 Å².